The highest BCUT2D eigenvalue weighted by Gasteiger charge is 2.18. The van der Waals surface area contributed by atoms with Gasteiger partial charge in [-0.05, 0) is 17.7 Å². The fourth-order valence-corrected chi connectivity index (χ4v) is 3.94. The Morgan fingerprint density at radius 3 is 2.40 bits per heavy atom. The summed E-state index contributed by atoms with van der Waals surface area (Å²) in [5.74, 6) is 1.83. The normalized spacial score (nSPS) is 10.8. The number of nitrogens with zero attached hydrogens (tertiary/aromatic N) is 4. The first kappa shape index (κ1) is 20.0. The maximum atomic E-state index is 13.0. The molecule has 1 amide bonds. The standard InChI is InChI=1S/C23H22N4O2S/c1-26-22(19-11-6-3-7-12-19)24-25-23(26)30-17-21(28)27(16-20-13-8-14-29-20)15-18-9-4-2-5-10-18/h2-14H,15-17H2,1H3. The maximum Gasteiger partial charge on any atom is 0.233 e. The van der Waals surface area contributed by atoms with Crippen LogP contribution < -0.4 is 0 Å². The van der Waals surface area contributed by atoms with Gasteiger partial charge in [-0.25, -0.2) is 0 Å². The van der Waals surface area contributed by atoms with Crippen LogP contribution in [0, 0.1) is 0 Å². The summed E-state index contributed by atoms with van der Waals surface area (Å²) in [6.45, 7) is 0.949. The van der Waals surface area contributed by atoms with Crippen molar-refractivity contribution >= 4 is 17.7 Å². The molecular weight excluding hydrogens is 396 g/mol. The van der Waals surface area contributed by atoms with E-state index < -0.39 is 0 Å². The molecule has 0 saturated carbocycles. The van der Waals surface area contributed by atoms with Crippen molar-refractivity contribution in [3.05, 3.63) is 90.4 Å². The van der Waals surface area contributed by atoms with E-state index in [0.717, 1.165) is 22.7 Å². The summed E-state index contributed by atoms with van der Waals surface area (Å²) in [5, 5.41) is 9.27. The third-order valence-corrected chi connectivity index (χ3v) is 5.69. The van der Waals surface area contributed by atoms with Crippen molar-refractivity contribution in [1.82, 2.24) is 19.7 Å². The SMILES string of the molecule is Cn1c(SCC(=O)N(Cc2ccccc2)Cc2ccco2)nnc1-c1ccccc1. The number of carbonyl (C=O) groups is 1. The summed E-state index contributed by atoms with van der Waals surface area (Å²) in [7, 11) is 1.92. The minimum absolute atomic E-state index is 0.0181. The second-order valence-electron chi connectivity index (χ2n) is 6.83. The van der Waals surface area contributed by atoms with Gasteiger partial charge < -0.3 is 13.9 Å². The maximum absolute atomic E-state index is 13.0. The third kappa shape index (κ3) is 4.80. The van der Waals surface area contributed by atoms with Crippen LogP contribution in [-0.2, 0) is 24.9 Å². The van der Waals surface area contributed by atoms with E-state index in [4.69, 9.17) is 4.42 Å². The van der Waals surface area contributed by atoms with Crippen LogP contribution in [0.15, 0.2) is 88.6 Å². The second kappa shape index (κ2) is 9.45. The molecule has 0 saturated heterocycles. The lowest BCUT2D eigenvalue weighted by Gasteiger charge is -2.21. The van der Waals surface area contributed by atoms with Gasteiger partial charge in [0, 0.05) is 19.2 Å². The molecule has 4 aromatic rings. The van der Waals surface area contributed by atoms with Gasteiger partial charge >= 0.3 is 0 Å². The van der Waals surface area contributed by atoms with E-state index in [-0.39, 0.29) is 11.7 Å². The van der Waals surface area contributed by atoms with Crippen LogP contribution in [0.2, 0.25) is 0 Å². The van der Waals surface area contributed by atoms with Crippen LogP contribution in [0.3, 0.4) is 0 Å². The largest absolute Gasteiger partial charge is 0.467 e. The van der Waals surface area contributed by atoms with Crippen LogP contribution in [-0.4, -0.2) is 31.3 Å². The highest BCUT2D eigenvalue weighted by Crippen LogP contribution is 2.23. The molecular formula is C23H22N4O2S. The molecule has 6 nitrogen and oxygen atoms in total. The quantitative estimate of drug-likeness (QED) is 0.397. The molecule has 30 heavy (non-hydrogen) atoms. The lowest BCUT2D eigenvalue weighted by atomic mass is 10.2. The average Bonchev–Trinajstić information content (AvgIpc) is 3.42. The predicted octanol–water partition coefficient (Wildman–Crippen LogP) is 4.40. The molecule has 0 fully saturated rings. The van der Waals surface area contributed by atoms with Gasteiger partial charge in [0.05, 0.1) is 18.6 Å². The molecule has 2 aromatic heterocycles. The Kier molecular flexibility index (Phi) is 6.29. The fraction of sp³-hybridized carbons (Fsp3) is 0.174. The van der Waals surface area contributed by atoms with Crippen LogP contribution in [0.4, 0.5) is 0 Å². The van der Waals surface area contributed by atoms with Crippen LogP contribution >= 0.6 is 11.8 Å². The second-order valence-corrected chi connectivity index (χ2v) is 7.78. The molecule has 2 heterocycles. The Bertz CT molecular complexity index is 1080. The van der Waals surface area contributed by atoms with E-state index in [2.05, 4.69) is 10.2 Å². The number of benzene rings is 2. The summed E-state index contributed by atoms with van der Waals surface area (Å²) in [6, 6.07) is 23.6. The van der Waals surface area contributed by atoms with Crippen molar-refractivity contribution in [2.45, 2.75) is 18.2 Å². The molecule has 0 bridgehead atoms. The lowest BCUT2D eigenvalue weighted by molar-refractivity contribution is -0.129. The van der Waals surface area contributed by atoms with Crippen molar-refractivity contribution in [2.24, 2.45) is 7.05 Å². The van der Waals surface area contributed by atoms with E-state index in [9.17, 15) is 4.79 Å². The molecule has 152 valence electrons. The van der Waals surface area contributed by atoms with Gasteiger partial charge in [0.25, 0.3) is 0 Å². The molecule has 0 radical (unpaired) electrons. The number of amides is 1. The first-order valence-electron chi connectivity index (χ1n) is 9.62. The number of aromatic nitrogens is 3. The zero-order chi connectivity index (χ0) is 20.8. The summed E-state index contributed by atoms with van der Waals surface area (Å²) in [6.07, 6.45) is 1.62. The zero-order valence-electron chi connectivity index (χ0n) is 16.6. The fourth-order valence-electron chi connectivity index (χ4n) is 3.12. The summed E-state index contributed by atoms with van der Waals surface area (Å²) in [4.78, 5) is 14.8. The molecule has 2 aromatic carbocycles. The molecule has 0 N–H and O–H groups in total. The Balaban J connectivity index is 1.45. The van der Waals surface area contributed by atoms with Crippen LogP contribution in [0.1, 0.15) is 11.3 Å². The molecule has 0 spiro atoms. The molecule has 0 aliphatic heterocycles. The number of hydrogen-bond donors (Lipinski definition) is 0. The van der Waals surface area contributed by atoms with Crippen molar-refractivity contribution in [3.8, 4) is 11.4 Å². The number of rotatable bonds is 8. The summed E-state index contributed by atoms with van der Waals surface area (Å²) < 4.78 is 7.38. The zero-order valence-corrected chi connectivity index (χ0v) is 17.5. The monoisotopic (exact) mass is 418 g/mol. The van der Waals surface area contributed by atoms with E-state index in [1.54, 1.807) is 11.2 Å². The number of furan rings is 1. The van der Waals surface area contributed by atoms with Crippen molar-refractivity contribution in [2.75, 3.05) is 5.75 Å². The molecule has 0 atom stereocenters. The Labute approximate surface area is 179 Å². The van der Waals surface area contributed by atoms with Crippen LogP contribution in [0.25, 0.3) is 11.4 Å². The van der Waals surface area contributed by atoms with E-state index >= 15 is 0 Å². The molecule has 4 rings (SSSR count). The van der Waals surface area contributed by atoms with E-state index in [1.807, 2.05) is 84.4 Å². The first-order valence-corrected chi connectivity index (χ1v) is 10.6. The van der Waals surface area contributed by atoms with Gasteiger partial charge in [-0.2, -0.15) is 0 Å². The van der Waals surface area contributed by atoms with Gasteiger partial charge in [0.15, 0.2) is 11.0 Å². The minimum atomic E-state index is 0.0181. The molecule has 7 heteroatoms. The number of hydrogen-bond acceptors (Lipinski definition) is 5. The number of carbonyl (C=O) groups excluding carboxylic acids is 1. The summed E-state index contributed by atoms with van der Waals surface area (Å²) >= 11 is 1.39. The molecule has 0 unspecified atom stereocenters. The third-order valence-electron chi connectivity index (χ3n) is 4.69. The van der Waals surface area contributed by atoms with Gasteiger partial charge in [0.1, 0.15) is 5.76 Å². The lowest BCUT2D eigenvalue weighted by Crippen LogP contribution is -2.31. The smallest absolute Gasteiger partial charge is 0.233 e. The topological polar surface area (TPSA) is 64.2 Å². The van der Waals surface area contributed by atoms with E-state index in [1.165, 1.54) is 11.8 Å². The van der Waals surface area contributed by atoms with Crippen LogP contribution in [0.5, 0.6) is 0 Å². The summed E-state index contributed by atoms with van der Waals surface area (Å²) in [5.41, 5.74) is 2.07. The van der Waals surface area contributed by atoms with Crippen molar-refractivity contribution < 1.29 is 9.21 Å². The minimum Gasteiger partial charge on any atom is -0.467 e. The average molecular weight is 419 g/mol. The Hall–Kier alpha value is -3.32. The van der Waals surface area contributed by atoms with Gasteiger partial charge in [-0.15, -0.1) is 10.2 Å². The highest BCUT2D eigenvalue weighted by molar-refractivity contribution is 7.99. The van der Waals surface area contributed by atoms with Gasteiger partial charge in [-0.1, -0.05) is 72.4 Å². The Morgan fingerprint density at radius 1 is 0.967 bits per heavy atom. The van der Waals surface area contributed by atoms with E-state index in [0.29, 0.717) is 18.2 Å². The predicted molar refractivity (Wildman–Crippen MR) is 117 cm³/mol. The molecule has 0 aliphatic carbocycles. The first-order chi connectivity index (χ1) is 14.7. The van der Waals surface area contributed by atoms with Crippen molar-refractivity contribution in [3.63, 3.8) is 0 Å². The molecule has 0 aliphatic rings. The highest BCUT2D eigenvalue weighted by atomic mass is 32.2. The van der Waals surface area contributed by atoms with Gasteiger partial charge in [0.2, 0.25) is 5.91 Å². The number of thioether (sulfide) groups is 1. The van der Waals surface area contributed by atoms with Gasteiger partial charge in [-0.3, -0.25) is 4.79 Å². The Morgan fingerprint density at radius 2 is 1.70 bits per heavy atom. The van der Waals surface area contributed by atoms with Crippen molar-refractivity contribution in [1.29, 1.82) is 0 Å².